The van der Waals surface area contributed by atoms with E-state index in [1.807, 2.05) is 0 Å². The van der Waals surface area contributed by atoms with E-state index in [0.717, 1.165) is 38.8 Å². The highest BCUT2D eigenvalue weighted by atomic mass is 16.5. The Balaban J connectivity index is 1.35. The van der Waals surface area contributed by atoms with Crippen LogP contribution in [0.2, 0.25) is 0 Å². The van der Waals surface area contributed by atoms with Gasteiger partial charge in [0.05, 0.1) is 23.7 Å². The van der Waals surface area contributed by atoms with E-state index in [1.54, 1.807) is 6.07 Å². The number of nitrogens with one attached hydrogen (secondary N) is 1. The second-order valence-corrected chi connectivity index (χ2v) is 9.68. The minimum absolute atomic E-state index is 0.0120. The van der Waals surface area contributed by atoms with Crippen molar-refractivity contribution in [3.05, 3.63) is 40.7 Å². The third-order valence-electron chi connectivity index (χ3n) is 7.28. The van der Waals surface area contributed by atoms with Crippen LogP contribution in [-0.4, -0.2) is 69.5 Å². The molecule has 1 amide bonds. The van der Waals surface area contributed by atoms with Crippen LogP contribution in [0.1, 0.15) is 36.0 Å². The molecular weight excluding hydrogens is 478 g/mol. The second-order valence-electron chi connectivity index (χ2n) is 9.68. The Kier molecular flexibility index (Phi) is 6.50. The number of hydrogen-bond acceptors (Lipinski definition) is 10. The van der Waals surface area contributed by atoms with Crippen LogP contribution in [0.4, 0.5) is 11.6 Å². The van der Waals surface area contributed by atoms with Crippen molar-refractivity contribution in [3.8, 4) is 11.5 Å². The molecule has 194 valence electrons. The number of anilines is 2. The van der Waals surface area contributed by atoms with Gasteiger partial charge in [0, 0.05) is 44.9 Å². The maximum Gasteiger partial charge on any atom is 0.264 e. The molecular formula is C25H29N7O5. The minimum Gasteiger partial charge on any atom is -0.491 e. The van der Waals surface area contributed by atoms with E-state index >= 15 is 0 Å². The number of likely N-dealkylation sites (tertiary alicyclic amines) is 1. The molecule has 2 aliphatic rings. The molecule has 3 aromatic rings. The van der Waals surface area contributed by atoms with Crippen LogP contribution >= 0.6 is 0 Å². The molecule has 3 N–H and O–H groups in total. The Labute approximate surface area is 212 Å². The van der Waals surface area contributed by atoms with Gasteiger partial charge in [-0.05, 0) is 31.3 Å². The third-order valence-corrected chi connectivity index (χ3v) is 7.28. The van der Waals surface area contributed by atoms with Gasteiger partial charge >= 0.3 is 0 Å². The molecule has 0 unspecified atom stereocenters. The number of hydrogen-bond donors (Lipinski definition) is 2. The number of ketones is 1. The van der Waals surface area contributed by atoms with Gasteiger partial charge in [0.15, 0.2) is 11.5 Å². The van der Waals surface area contributed by atoms with Crippen molar-refractivity contribution in [2.45, 2.75) is 25.7 Å². The first-order chi connectivity index (χ1) is 17.8. The van der Waals surface area contributed by atoms with Gasteiger partial charge in [-0.2, -0.15) is 0 Å². The number of rotatable bonds is 7. The van der Waals surface area contributed by atoms with Gasteiger partial charge in [0.2, 0.25) is 5.95 Å². The lowest BCUT2D eigenvalue weighted by Gasteiger charge is -2.46. The number of nitrogen functional groups attached to an aromatic ring is 1. The van der Waals surface area contributed by atoms with Crippen molar-refractivity contribution in [2.75, 3.05) is 44.4 Å². The summed E-state index contributed by atoms with van der Waals surface area (Å²) in [5.74, 6) is 0.485. The lowest BCUT2D eigenvalue weighted by atomic mass is 9.62. The van der Waals surface area contributed by atoms with Gasteiger partial charge in [-0.3, -0.25) is 29.2 Å². The summed E-state index contributed by atoms with van der Waals surface area (Å²) < 4.78 is 12.8. The van der Waals surface area contributed by atoms with E-state index in [9.17, 15) is 14.4 Å². The number of fused-ring (bicyclic) bond motifs is 1. The molecule has 1 saturated heterocycles. The van der Waals surface area contributed by atoms with Crippen LogP contribution in [0.15, 0.2) is 29.6 Å². The number of methoxy groups -OCH3 is 1. The van der Waals surface area contributed by atoms with Crippen molar-refractivity contribution in [1.82, 2.24) is 24.4 Å². The van der Waals surface area contributed by atoms with Crippen molar-refractivity contribution in [2.24, 2.45) is 12.5 Å². The standard InChI is InChI=1S/C25H29N7O5/c1-31-23(35)19-17(26)9-18(37-8-7-32-5-3-25(4-6-32)10-16(33)11-25)21(36-2)20(19)29-24(31)30-22(34)15-12-27-14-28-13-15/h9,12-14H,3-8,10-11,26H2,1-2H3,(H,29,30,34). The summed E-state index contributed by atoms with van der Waals surface area (Å²) in [6.07, 6.45) is 7.54. The quantitative estimate of drug-likeness (QED) is 0.448. The minimum atomic E-state index is -0.517. The smallest absolute Gasteiger partial charge is 0.264 e. The van der Waals surface area contributed by atoms with Crippen molar-refractivity contribution in [1.29, 1.82) is 0 Å². The molecule has 12 nitrogen and oxygen atoms in total. The fourth-order valence-electron chi connectivity index (χ4n) is 5.10. The summed E-state index contributed by atoms with van der Waals surface area (Å²) in [4.78, 5) is 51.7. The van der Waals surface area contributed by atoms with Crippen LogP contribution in [0, 0.1) is 5.41 Å². The van der Waals surface area contributed by atoms with Gasteiger partial charge in [-0.1, -0.05) is 0 Å². The highest BCUT2D eigenvalue weighted by Crippen LogP contribution is 2.46. The summed E-state index contributed by atoms with van der Waals surface area (Å²) in [7, 11) is 2.95. The molecule has 1 spiro atoms. The van der Waals surface area contributed by atoms with E-state index in [2.05, 4.69) is 25.2 Å². The Morgan fingerprint density at radius 3 is 2.54 bits per heavy atom. The van der Waals surface area contributed by atoms with E-state index in [-0.39, 0.29) is 39.3 Å². The summed E-state index contributed by atoms with van der Waals surface area (Å²) in [6, 6.07) is 1.56. The van der Waals surface area contributed by atoms with Crippen molar-refractivity contribution >= 4 is 34.2 Å². The van der Waals surface area contributed by atoms with Crippen LogP contribution in [0.3, 0.4) is 0 Å². The number of ether oxygens (including phenoxy) is 2. The Morgan fingerprint density at radius 2 is 1.89 bits per heavy atom. The summed E-state index contributed by atoms with van der Waals surface area (Å²) in [5, 5.41) is 2.79. The van der Waals surface area contributed by atoms with Crippen LogP contribution < -0.4 is 26.1 Å². The van der Waals surface area contributed by atoms with Gasteiger partial charge in [0.25, 0.3) is 11.5 Å². The number of Topliss-reactive ketones (excluding diaryl/α,β-unsaturated/α-hetero) is 1. The maximum absolute atomic E-state index is 13.1. The largest absolute Gasteiger partial charge is 0.491 e. The number of amides is 1. The third kappa shape index (κ3) is 4.71. The predicted octanol–water partition coefficient (Wildman–Crippen LogP) is 1.39. The topological polar surface area (TPSA) is 155 Å². The normalized spacial score (nSPS) is 17.0. The lowest BCUT2D eigenvalue weighted by Crippen LogP contribution is -2.48. The van der Waals surface area contributed by atoms with Crippen LogP contribution in [0.25, 0.3) is 10.9 Å². The first-order valence-electron chi connectivity index (χ1n) is 12.1. The molecule has 37 heavy (non-hydrogen) atoms. The molecule has 1 aliphatic heterocycles. The predicted molar refractivity (Wildman–Crippen MR) is 136 cm³/mol. The molecule has 0 bridgehead atoms. The fraction of sp³-hybridized carbons (Fsp3) is 0.440. The fourth-order valence-corrected chi connectivity index (χ4v) is 5.10. The lowest BCUT2D eigenvalue weighted by molar-refractivity contribution is -0.135. The first-order valence-corrected chi connectivity index (χ1v) is 12.1. The average molecular weight is 508 g/mol. The molecule has 3 heterocycles. The zero-order valence-electron chi connectivity index (χ0n) is 20.8. The highest BCUT2D eigenvalue weighted by molar-refractivity contribution is 6.04. The van der Waals surface area contributed by atoms with E-state index in [0.29, 0.717) is 24.7 Å². The molecule has 12 heteroatoms. The Hall–Kier alpha value is -4.06. The second kappa shape index (κ2) is 9.77. The number of benzene rings is 1. The average Bonchev–Trinajstić information content (AvgIpc) is 2.88. The van der Waals surface area contributed by atoms with Crippen LogP contribution in [-0.2, 0) is 11.8 Å². The molecule has 2 aromatic heterocycles. The first kappa shape index (κ1) is 24.6. The monoisotopic (exact) mass is 507 g/mol. The maximum atomic E-state index is 13.1. The van der Waals surface area contributed by atoms with E-state index in [4.69, 9.17) is 15.2 Å². The van der Waals surface area contributed by atoms with E-state index < -0.39 is 11.5 Å². The van der Waals surface area contributed by atoms with E-state index in [1.165, 1.54) is 37.4 Å². The summed E-state index contributed by atoms with van der Waals surface area (Å²) in [5.41, 5.74) is 6.63. The molecule has 1 aliphatic carbocycles. The van der Waals surface area contributed by atoms with Crippen molar-refractivity contribution < 1.29 is 19.1 Å². The number of nitrogens with two attached hydrogens (primary N) is 1. The molecule has 2 fully saturated rings. The SMILES string of the molecule is COc1c(OCCN2CCC3(CC2)CC(=O)C3)cc(N)c2c(=O)n(C)c(NC(=O)c3cncnc3)nc12. The van der Waals surface area contributed by atoms with Gasteiger partial charge < -0.3 is 15.2 Å². The summed E-state index contributed by atoms with van der Waals surface area (Å²) >= 11 is 0. The Morgan fingerprint density at radius 1 is 1.19 bits per heavy atom. The number of carbonyl (C=O) groups excluding carboxylic acids is 2. The molecule has 1 saturated carbocycles. The Bertz CT molecular complexity index is 1400. The zero-order chi connectivity index (χ0) is 26.2. The number of piperidine rings is 1. The molecule has 5 rings (SSSR count). The zero-order valence-corrected chi connectivity index (χ0v) is 20.8. The van der Waals surface area contributed by atoms with Gasteiger partial charge in [-0.15, -0.1) is 0 Å². The number of nitrogens with zero attached hydrogens (tertiary/aromatic N) is 5. The van der Waals surface area contributed by atoms with Gasteiger partial charge in [-0.25, -0.2) is 15.0 Å². The molecule has 1 aromatic carbocycles. The molecule has 0 atom stereocenters. The van der Waals surface area contributed by atoms with Gasteiger partial charge in [0.1, 0.15) is 24.2 Å². The molecule has 0 radical (unpaired) electrons. The number of carbonyl (C=O) groups is 2. The highest BCUT2D eigenvalue weighted by Gasteiger charge is 2.44. The van der Waals surface area contributed by atoms with Crippen LogP contribution in [0.5, 0.6) is 11.5 Å². The summed E-state index contributed by atoms with van der Waals surface area (Å²) in [6.45, 7) is 2.95. The number of aromatic nitrogens is 4. The van der Waals surface area contributed by atoms with Crippen molar-refractivity contribution in [3.63, 3.8) is 0 Å².